The van der Waals surface area contributed by atoms with Crippen LogP contribution in [0.3, 0.4) is 0 Å². The molecule has 0 aromatic heterocycles. The monoisotopic (exact) mass is 276 g/mol. The molecule has 0 spiro atoms. The molecule has 0 aromatic rings. The molecule has 5 nitrogen and oxygen atoms in total. The van der Waals surface area contributed by atoms with Crippen molar-refractivity contribution in [1.29, 1.82) is 0 Å². The van der Waals surface area contributed by atoms with E-state index in [4.69, 9.17) is 18.9 Å². The van der Waals surface area contributed by atoms with Crippen molar-refractivity contribution >= 4 is 0 Å². The van der Waals surface area contributed by atoms with E-state index in [0.717, 1.165) is 13.0 Å². The van der Waals surface area contributed by atoms with Gasteiger partial charge >= 0.3 is 0 Å². The molecule has 1 rings (SSSR count). The smallest absolute Gasteiger partial charge is 0.154 e. The molecule has 1 heterocycles. The van der Waals surface area contributed by atoms with E-state index >= 15 is 0 Å². The van der Waals surface area contributed by atoms with Gasteiger partial charge in [0.15, 0.2) is 6.29 Å². The van der Waals surface area contributed by atoms with Crippen LogP contribution in [0.4, 0.5) is 0 Å². The topological polar surface area (TPSA) is 60.5 Å². The molecule has 5 heteroatoms. The van der Waals surface area contributed by atoms with Crippen LogP contribution in [0, 0.1) is 0 Å². The number of hydrogen-bond donors (Lipinski definition) is 1. The van der Waals surface area contributed by atoms with Crippen molar-refractivity contribution in [3.05, 3.63) is 0 Å². The molecule has 19 heavy (non-hydrogen) atoms. The van der Waals surface area contributed by atoms with Crippen LogP contribution in [0.25, 0.3) is 0 Å². The largest absolute Gasteiger partial charge is 0.385 e. The summed E-state index contributed by atoms with van der Waals surface area (Å²) in [6.07, 6.45) is 0.845. The first-order valence-corrected chi connectivity index (χ1v) is 6.95. The normalized spacial score (nSPS) is 24.0. The summed E-state index contributed by atoms with van der Waals surface area (Å²) < 4.78 is 21.7. The number of rotatable bonds is 10. The fraction of sp³-hybridized carbons (Fsp3) is 1.00. The minimum absolute atomic E-state index is 0.185. The molecular formula is C14H28O5. The molecular weight excluding hydrogens is 248 g/mol. The van der Waals surface area contributed by atoms with Crippen molar-refractivity contribution in [3.8, 4) is 0 Å². The van der Waals surface area contributed by atoms with Gasteiger partial charge in [0.1, 0.15) is 5.60 Å². The third kappa shape index (κ3) is 7.84. The van der Waals surface area contributed by atoms with Crippen molar-refractivity contribution < 1.29 is 24.1 Å². The minimum atomic E-state index is -1.02. The first-order valence-electron chi connectivity index (χ1n) is 6.95. The second-order valence-corrected chi connectivity index (χ2v) is 6.04. The Hall–Kier alpha value is -0.200. The number of hydrogen-bond acceptors (Lipinski definition) is 5. The van der Waals surface area contributed by atoms with E-state index in [1.54, 1.807) is 6.92 Å². The van der Waals surface area contributed by atoms with Gasteiger partial charge in [0, 0.05) is 13.0 Å². The van der Waals surface area contributed by atoms with Gasteiger partial charge in [-0.1, -0.05) is 0 Å². The second kappa shape index (κ2) is 6.99. The summed E-state index contributed by atoms with van der Waals surface area (Å²) in [4.78, 5) is 0. The Bertz CT molecular complexity index is 261. The molecule has 1 fully saturated rings. The maximum absolute atomic E-state index is 10.2. The van der Waals surface area contributed by atoms with Crippen molar-refractivity contribution in [2.45, 2.75) is 64.6 Å². The standard InChI is InChI=1S/C14H28O5/c1-6-16-11(2)18-9-14(5,15)10-19-13(3,4)7-12-8-17-12/h11-12,15H,6-10H2,1-5H3. The zero-order valence-corrected chi connectivity index (χ0v) is 12.8. The van der Waals surface area contributed by atoms with E-state index in [9.17, 15) is 5.11 Å². The van der Waals surface area contributed by atoms with Crippen LogP contribution in [-0.4, -0.2) is 55.1 Å². The van der Waals surface area contributed by atoms with Gasteiger partial charge in [-0.05, 0) is 34.6 Å². The molecule has 0 radical (unpaired) electrons. The summed E-state index contributed by atoms with van der Waals surface area (Å²) >= 11 is 0. The number of aliphatic hydroxyl groups is 1. The lowest BCUT2D eigenvalue weighted by molar-refractivity contribution is -0.183. The van der Waals surface area contributed by atoms with Crippen molar-refractivity contribution in [2.24, 2.45) is 0 Å². The lowest BCUT2D eigenvalue weighted by Crippen LogP contribution is -2.41. The van der Waals surface area contributed by atoms with Gasteiger partial charge in [-0.3, -0.25) is 0 Å². The average molecular weight is 276 g/mol. The molecule has 114 valence electrons. The van der Waals surface area contributed by atoms with Crippen LogP contribution in [0.5, 0.6) is 0 Å². The predicted molar refractivity (Wildman–Crippen MR) is 72.1 cm³/mol. The highest BCUT2D eigenvalue weighted by Crippen LogP contribution is 2.26. The second-order valence-electron chi connectivity index (χ2n) is 6.04. The van der Waals surface area contributed by atoms with Crippen molar-refractivity contribution in [2.75, 3.05) is 26.4 Å². The fourth-order valence-corrected chi connectivity index (χ4v) is 1.77. The Labute approximate surface area is 116 Å². The molecule has 1 N–H and O–H groups in total. The van der Waals surface area contributed by atoms with Crippen molar-refractivity contribution in [1.82, 2.24) is 0 Å². The lowest BCUT2D eigenvalue weighted by Gasteiger charge is -2.31. The summed E-state index contributed by atoms with van der Waals surface area (Å²) in [5, 5.41) is 10.2. The highest BCUT2D eigenvalue weighted by atomic mass is 16.7. The predicted octanol–water partition coefficient (Wildman–Crippen LogP) is 1.72. The Kier molecular flexibility index (Phi) is 6.20. The van der Waals surface area contributed by atoms with Gasteiger partial charge in [0.2, 0.25) is 0 Å². The van der Waals surface area contributed by atoms with Gasteiger partial charge in [0.05, 0.1) is 31.5 Å². The molecule has 1 saturated heterocycles. The first-order chi connectivity index (χ1) is 8.74. The van der Waals surface area contributed by atoms with Gasteiger partial charge < -0.3 is 24.1 Å². The fourth-order valence-electron chi connectivity index (χ4n) is 1.77. The summed E-state index contributed by atoms with van der Waals surface area (Å²) in [5.41, 5.74) is -1.32. The summed E-state index contributed by atoms with van der Waals surface area (Å²) in [6.45, 7) is 11.3. The third-order valence-electron chi connectivity index (χ3n) is 2.93. The lowest BCUT2D eigenvalue weighted by atomic mass is 10.0. The van der Waals surface area contributed by atoms with Crippen LogP contribution in [0.1, 0.15) is 41.0 Å². The summed E-state index contributed by atoms with van der Waals surface area (Å²) in [7, 11) is 0. The molecule has 3 unspecified atom stereocenters. The molecule has 0 aliphatic carbocycles. The van der Waals surface area contributed by atoms with Gasteiger partial charge in [-0.2, -0.15) is 0 Å². The molecule has 0 amide bonds. The Morgan fingerprint density at radius 2 is 1.89 bits per heavy atom. The van der Waals surface area contributed by atoms with E-state index in [0.29, 0.717) is 12.7 Å². The van der Waals surface area contributed by atoms with Gasteiger partial charge in [-0.15, -0.1) is 0 Å². The van der Waals surface area contributed by atoms with Crippen LogP contribution in [0.2, 0.25) is 0 Å². The van der Waals surface area contributed by atoms with Crippen molar-refractivity contribution in [3.63, 3.8) is 0 Å². The Balaban J connectivity index is 2.24. The highest BCUT2D eigenvalue weighted by molar-refractivity contribution is 4.82. The van der Waals surface area contributed by atoms with E-state index < -0.39 is 5.60 Å². The molecule has 1 aliphatic rings. The summed E-state index contributed by atoms with van der Waals surface area (Å²) in [6, 6.07) is 0. The molecule has 1 aliphatic heterocycles. The number of epoxide rings is 1. The van der Waals surface area contributed by atoms with Crippen LogP contribution < -0.4 is 0 Å². The quantitative estimate of drug-likeness (QED) is 0.486. The SMILES string of the molecule is CCOC(C)OCC(C)(O)COC(C)(C)CC1CO1. The third-order valence-corrected chi connectivity index (χ3v) is 2.93. The average Bonchev–Trinajstić information content (AvgIpc) is 3.08. The molecule has 0 aromatic carbocycles. The van der Waals surface area contributed by atoms with Gasteiger partial charge in [0.25, 0.3) is 0 Å². The Morgan fingerprint density at radius 1 is 1.26 bits per heavy atom. The zero-order chi connectivity index (χ0) is 14.5. The first kappa shape index (κ1) is 16.9. The van der Waals surface area contributed by atoms with Crippen LogP contribution in [-0.2, 0) is 18.9 Å². The molecule has 0 saturated carbocycles. The van der Waals surface area contributed by atoms with Crippen LogP contribution in [0.15, 0.2) is 0 Å². The number of ether oxygens (including phenoxy) is 4. The zero-order valence-electron chi connectivity index (χ0n) is 12.8. The van der Waals surface area contributed by atoms with E-state index in [1.807, 2.05) is 27.7 Å². The molecule has 3 atom stereocenters. The van der Waals surface area contributed by atoms with Gasteiger partial charge in [-0.25, -0.2) is 0 Å². The minimum Gasteiger partial charge on any atom is -0.385 e. The van der Waals surface area contributed by atoms with E-state index in [2.05, 4.69) is 0 Å². The Morgan fingerprint density at radius 3 is 2.42 bits per heavy atom. The summed E-state index contributed by atoms with van der Waals surface area (Å²) in [5.74, 6) is 0. The van der Waals surface area contributed by atoms with E-state index in [-0.39, 0.29) is 25.1 Å². The van der Waals surface area contributed by atoms with Crippen LogP contribution >= 0.6 is 0 Å². The maximum Gasteiger partial charge on any atom is 0.154 e. The maximum atomic E-state index is 10.2. The highest BCUT2D eigenvalue weighted by Gasteiger charge is 2.34. The molecule has 0 bridgehead atoms. The van der Waals surface area contributed by atoms with E-state index in [1.165, 1.54) is 0 Å².